The van der Waals surface area contributed by atoms with E-state index in [0.717, 1.165) is 16.8 Å². The van der Waals surface area contributed by atoms with Gasteiger partial charge in [0.05, 0.1) is 12.5 Å². The van der Waals surface area contributed by atoms with Crippen molar-refractivity contribution in [3.63, 3.8) is 0 Å². The highest BCUT2D eigenvalue weighted by molar-refractivity contribution is 5.88. The van der Waals surface area contributed by atoms with Crippen LogP contribution in [-0.2, 0) is 6.42 Å². The summed E-state index contributed by atoms with van der Waals surface area (Å²) in [6.07, 6.45) is 0.482. The van der Waals surface area contributed by atoms with E-state index in [1.807, 2.05) is 6.92 Å². The molecule has 0 fully saturated rings. The van der Waals surface area contributed by atoms with Gasteiger partial charge in [-0.15, -0.1) is 0 Å². The number of aromatic amines is 1. The van der Waals surface area contributed by atoms with Gasteiger partial charge in [0.2, 0.25) is 0 Å². The van der Waals surface area contributed by atoms with Crippen LogP contribution >= 0.6 is 0 Å². The first-order chi connectivity index (χ1) is 7.13. The maximum Gasteiger partial charge on any atom is 0.0670 e. The number of nitrogens with zero attached hydrogens (tertiary/aromatic N) is 1. The average Bonchev–Trinajstić information content (AvgIpc) is 2.43. The lowest BCUT2D eigenvalue weighted by Gasteiger charge is -2.01. The van der Waals surface area contributed by atoms with Gasteiger partial charge >= 0.3 is 0 Å². The fourth-order valence-electron chi connectivity index (χ4n) is 2.23. The Balaban J connectivity index is 2.82. The molecule has 0 aliphatic heterocycles. The number of hydrogen-bond donors (Lipinski definition) is 1. The maximum atomic E-state index is 8.80. The van der Waals surface area contributed by atoms with Crippen molar-refractivity contribution in [3.8, 4) is 6.07 Å². The number of benzene rings is 1. The molecule has 15 heavy (non-hydrogen) atoms. The van der Waals surface area contributed by atoms with Gasteiger partial charge in [-0.1, -0.05) is 6.07 Å². The minimum absolute atomic E-state index is 0.482. The number of H-pyrrole nitrogens is 1. The summed E-state index contributed by atoms with van der Waals surface area (Å²) >= 11 is 0. The largest absolute Gasteiger partial charge is 0.358 e. The van der Waals surface area contributed by atoms with Gasteiger partial charge < -0.3 is 4.98 Å². The Morgan fingerprint density at radius 1 is 1.27 bits per heavy atom. The Hall–Kier alpha value is -1.75. The van der Waals surface area contributed by atoms with Crippen molar-refractivity contribution < 1.29 is 0 Å². The lowest BCUT2D eigenvalue weighted by atomic mass is 10.0. The van der Waals surface area contributed by atoms with Gasteiger partial charge in [0.1, 0.15) is 0 Å². The van der Waals surface area contributed by atoms with Crippen molar-refractivity contribution in [1.29, 1.82) is 5.26 Å². The molecule has 0 spiro atoms. The predicted octanol–water partition coefficient (Wildman–Crippen LogP) is 3.16. The topological polar surface area (TPSA) is 39.6 Å². The predicted molar refractivity (Wildman–Crippen MR) is 61.8 cm³/mol. The molecule has 76 valence electrons. The second-order valence-corrected chi connectivity index (χ2v) is 4.07. The summed E-state index contributed by atoms with van der Waals surface area (Å²) in [5.41, 5.74) is 5.91. The zero-order chi connectivity index (χ0) is 11.0. The number of nitrogens with one attached hydrogen (secondary N) is 1. The summed E-state index contributed by atoms with van der Waals surface area (Å²) < 4.78 is 0. The number of rotatable bonds is 1. The van der Waals surface area contributed by atoms with Crippen LogP contribution < -0.4 is 0 Å². The standard InChI is InChI=1S/C13H14N2/c1-8-6-9(2)13-11(4-5-14)10(3)15-12(13)7-8/h6-7,15H,4H2,1-3H3. The van der Waals surface area contributed by atoms with Crippen LogP contribution in [0.25, 0.3) is 10.9 Å². The van der Waals surface area contributed by atoms with Crippen LogP contribution in [0.3, 0.4) is 0 Å². The third-order valence-corrected chi connectivity index (χ3v) is 2.81. The molecule has 1 aromatic heterocycles. The van der Waals surface area contributed by atoms with Gasteiger partial charge in [-0.25, -0.2) is 0 Å². The van der Waals surface area contributed by atoms with E-state index in [4.69, 9.17) is 5.26 Å². The summed E-state index contributed by atoms with van der Waals surface area (Å²) in [5.74, 6) is 0. The zero-order valence-electron chi connectivity index (χ0n) is 9.31. The van der Waals surface area contributed by atoms with Crippen molar-refractivity contribution in [2.45, 2.75) is 27.2 Å². The molecule has 1 N–H and O–H groups in total. The van der Waals surface area contributed by atoms with Gasteiger partial charge in [0.25, 0.3) is 0 Å². The second kappa shape index (κ2) is 3.43. The van der Waals surface area contributed by atoms with Crippen molar-refractivity contribution in [3.05, 3.63) is 34.5 Å². The molecule has 2 aromatic rings. The minimum Gasteiger partial charge on any atom is -0.358 e. The van der Waals surface area contributed by atoms with Gasteiger partial charge in [0, 0.05) is 16.6 Å². The van der Waals surface area contributed by atoms with Gasteiger partial charge in [-0.05, 0) is 43.5 Å². The summed E-state index contributed by atoms with van der Waals surface area (Å²) in [6, 6.07) is 6.52. The van der Waals surface area contributed by atoms with Crippen LogP contribution in [0.5, 0.6) is 0 Å². The highest BCUT2D eigenvalue weighted by Crippen LogP contribution is 2.26. The first-order valence-corrected chi connectivity index (χ1v) is 5.09. The van der Waals surface area contributed by atoms with E-state index >= 15 is 0 Å². The monoisotopic (exact) mass is 198 g/mol. The Labute approximate surface area is 89.5 Å². The molecule has 0 aliphatic rings. The summed E-state index contributed by atoms with van der Waals surface area (Å²) in [6.45, 7) is 6.22. The molecule has 1 aromatic carbocycles. The highest BCUT2D eigenvalue weighted by atomic mass is 14.7. The Kier molecular flexibility index (Phi) is 2.24. The van der Waals surface area contributed by atoms with E-state index in [-0.39, 0.29) is 0 Å². The lowest BCUT2D eigenvalue weighted by molar-refractivity contribution is 1.19. The minimum atomic E-state index is 0.482. The molecular formula is C13H14N2. The molecule has 0 saturated carbocycles. The first-order valence-electron chi connectivity index (χ1n) is 5.09. The molecular weight excluding hydrogens is 184 g/mol. The molecule has 2 heteroatoms. The van der Waals surface area contributed by atoms with Gasteiger partial charge in [-0.3, -0.25) is 0 Å². The third kappa shape index (κ3) is 1.50. The third-order valence-electron chi connectivity index (χ3n) is 2.81. The fourth-order valence-corrected chi connectivity index (χ4v) is 2.23. The molecule has 1 heterocycles. The number of nitriles is 1. The molecule has 2 rings (SSSR count). The van der Waals surface area contributed by atoms with Crippen molar-refractivity contribution in [2.75, 3.05) is 0 Å². The maximum absolute atomic E-state index is 8.80. The Morgan fingerprint density at radius 2 is 2.00 bits per heavy atom. The number of aromatic nitrogens is 1. The molecule has 2 nitrogen and oxygen atoms in total. The normalized spacial score (nSPS) is 10.5. The van der Waals surface area contributed by atoms with E-state index < -0.39 is 0 Å². The molecule has 0 radical (unpaired) electrons. The fraction of sp³-hybridized carbons (Fsp3) is 0.308. The average molecular weight is 198 g/mol. The van der Waals surface area contributed by atoms with Crippen LogP contribution in [0.4, 0.5) is 0 Å². The molecule has 0 saturated heterocycles. The first kappa shape index (κ1) is 9.79. The van der Waals surface area contributed by atoms with Crippen LogP contribution in [0.1, 0.15) is 22.4 Å². The molecule has 0 bridgehead atoms. The summed E-state index contributed by atoms with van der Waals surface area (Å²) in [7, 11) is 0. The Morgan fingerprint density at radius 3 is 2.67 bits per heavy atom. The van der Waals surface area contributed by atoms with E-state index in [1.165, 1.54) is 16.5 Å². The SMILES string of the molecule is Cc1cc(C)c2c(CC#N)c(C)[nH]c2c1. The smallest absolute Gasteiger partial charge is 0.0670 e. The highest BCUT2D eigenvalue weighted by Gasteiger charge is 2.10. The van der Waals surface area contributed by atoms with Crippen molar-refractivity contribution in [1.82, 2.24) is 4.98 Å². The van der Waals surface area contributed by atoms with E-state index in [1.54, 1.807) is 0 Å². The van der Waals surface area contributed by atoms with Crippen molar-refractivity contribution in [2.24, 2.45) is 0 Å². The summed E-state index contributed by atoms with van der Waals surface area (Å²) in [5, 5.41) is 10.0. The van der Waals surface area contributed by atoms with Crippen molar-refractivity contribution >= 4 is 10.9 Å². The van der Waals surface area contributed by atoms with Crippen LogP contribution in [0, 0.1) is 32.1 Å². The molecule has 0 unspecified atom stereocenters. The quantitative estimate of drug-likeness (QED) is 0.751. The zero-order valence-corrected chi connectivity index (χ0v) is 9.31. The molecule has 0 atom stereocenters. The second-order valence-electron chi connectivity index (χ2n) is 4.07. The van der Waals surface area contributed by atoms with Crippen LogP contribution in [-0.4, -0.2) is 4.98 Å². The lowest BCUT2D eigenvalue weighted by Crippen LogP contribution is -1.85. The van der Waals surface area contributed by atoms with Gasteiger partial charge in [0.15, 0.2) is 0 Å². The van der Waals surface area contributed by atoms with E-state index in [2.05, 4.69) is 37.0 Å². The number of fused-ring (bicyclic) bond motifs is 1. The van der Waals surface area contributed by atoms with Gasteiger partial charge in [-0.2, -0.15) is 5.26 Å². The summed E-state index contributed by atoms with van der Waals surface area (Å²) in [4.78, 5) is 3.34. The van der Waals surface area contributed by atoms with Crippen LogP contribution in [0.15, 0.2) is 12.1 Å². The van der Waals surface area contributed by atoms with Crippen LogP contribution in [0.2, 0.25) is 0 Å². The van der Waals surface area contributed by atoms with E-state index in [0.29, 0.717) is 6.42 Å². The molecule has 0 aliphatic carbocycles. The van der Waals surface area contributed by atoms with E-state index in [9.17, 15) is 0 Å². The molecule has 0 amide bonds. The number of aryl methyl sites for hydroxylation is 3. The number of hydrogen-bond acceptors (Lipinski definition) is 1. The Bertz CT molecular complexity index is 556.